The molecule has 2 heteroatoms. The zero-order valence-corrected chi connectivity index (χ0v) is 8.27. The molecule has 0 aliphatic rings. The van der Waals surface area contributed by atoms with Crippen LogP contribution in [0.25, 0.3) is 17.0 Å². The fourth-order valence-electron chi connectivity index (χ4n) is 1.61. The van der Waals surface area contributed by atoms with Crippen LogP contribution < -0.4 is 5.73 Å². The maximum Gasteiger partial charge on any atom is 0.0478 e. The van der Waals surface area contributed by atoms with E-state index in [9.17, 15) is 0 Å². The number of nitrogens with zero attached hydrogens (tertiary/aromatic N) is 1. The second kappa shape index (κ2) is 3.68. The number of hydrogen-bond acceptors (Lipinski definition) is 1. The number of hydrogen-bond donors (Lipinski definition) is 1. The molecule has 2 rings (SSSR count). The molecule has 2 nitrogen and oxygen atoms in total. The van der Waals surface area contributed by atoms with Gasteiger partial charge in [0.15, 0.2) is 0 Å². The maximum atomic E-state index is 5.40. The van der Waals surface area contributed by atoms with Crippen LogP contribution in [0.15, 0.2) is 36.5 Å². The maximum absolute atomic E-state index is 5.40. The molecule has 0 saturated heterocycles. The van der Waals surface area contributed by atoms with E-state index in [2.05, 4.69) is 42.1 Å². The summed E-state index contributed by atoms with van der Waals surface area (Å²) in [6, 6.07) is 8.52. The molecule has 0 fully saturated rings. The first kappa shape index (κ1) is 9.03. The zero-order valence-electron chi connectivity index (χ0n) is 8.27. The Morgan fingerprint density at radius 2 is 2.21 bits per heavy atom. The van der Waals surface area contributed by atoms with Crippen molar-refractivity contribution in [3.05, 3.63) is 42.1 Å². The molecule has 2 aromatic rings. The molecule has 14 heavy (non-hydrogen) atoms. The second-order valence-electron chi connectivity index (χ2n) is 3.38. The summed E-state index contributed by atoms with van der Waals surface area (Å²) >= 11 is 0. The lowest BCUT2D eigenvalue weighted by Gasteiger charge is -1.97. The van der Waals surface area contributed by atoms with Gasteiger partial charge in [-0.05, 0) is 23.8 Å². The molecule has 0 saturated carbocycles. The summed E-state index contributed by atoms with van der Waals surface area (Å²) < 4.78 is 2.12. The van der Waals surface area contributed by atoms with Crippen LogP contribution in [0.2, 0.25) is 0 Å². The summed E-state index contributed by atoms with van der Waals surface area (Å²) in [5.41, 5.74) is 7.86. The number of aromatic nitrogens is 1. The molecule has 1 aromatic heterocycles. The van der Waals surface area contributed by atoms with Crippen LogP contribution in [0.4, 0.5) is 0 Å². The Balaban J connectivity index is 2.47. The summed E-state index contributed by atoms with van der Waals surface area (Å²) in [5, 5.41) is 1.27. The highest BCUT2D eigenvalue weighted by molar-refractivity contribution is 5.82. The fraction of sp³-hybridized carbons (Fsp3) is 0.167. The number of rotatable bonds is 2. The Kier molecular flexibility index (Phi) is 2.37. The minimum absolute atomic E-state index is 0.590. The highest BCUT2D eigenvalue weighted by atomic mass is 14.9. The van der Waals surface area contributed by atoms with E-state index in [0.29, 0.717) is 6.54 Å². The summed E-state index contributed by atoms with van der Waals surface area (Å²) in [6.45, 7) is 0.590. The van der Waals surface area contributed by atoms with E-state index in [-0.39, 0.29) is 0 Å². The van der Waals surface area contributed by atoms with E-state index in [0.717, 1.165) is 0 Å². The van der Waals surface area contributed by atoms with Crippen LogP contribution in [-0.4, -0.2) is 11.1 Å². The van der Waals surface area contributed by atoms with Gasteiger partial charge in [0.2, 0.25) is 0 Å². The molecule has 0 bridgehead atoms. The topological polar surface area (TPSA) is 30.9 Å². The van der Waals surface area contributed by atoms with Crippen molar-refractivity contribution in [2.75, 3.05) is 6.54 Å². The van der Waals surface area contributed by atoms with E-state index in [1.54, 1.807) is 0 Å². The van der Waals surface area contributed by atoms with Crippen LogP contribution in [0.3, 0.4) is 0 Å². The monoisotopic (exact) mass is 186 g/mol. The van der Waals surface area contributed by atoms with Crippen LogP contribution in [0, 0.1) is 0 Å². The van der Waals surface area contributed by atoms with E-state index < -0.39 is 0 Å². The van der Waals surface area contributed by atoms with Gasteiger partial charge in [-0.3, -0.25) is 0 Å². The number of aryl methyl sites for hydroxylation is 1. The first-order valence-electron chi connectivity index (χ1n) is 4.73. The van der Waals surface area contributed by atoms with Crippen molar-refractivity contribution >= 4 is 17.0 Å². The van der Waals surface area contributed by atoms with Crippen LogP contribution in [0.1, 0.15) is 5.56 Å². The summed E-state index contributed by atoms with van der Waals surface area (Å²) in [6.07, 6.45) is 6.08. The molecule has 0 aliphatic heterocycles. The summed E-state index contributed by atoms with van der Waals surface area (Å²) in [5.74, 6) is 0. The molecule has 72 valence electrons. The first-order chi connectivity index (χ1) is 6.81. The minimum atomic E-state index is 0.590. The Morgan fingerprint density at radius 3 is 3.00 bits per heavy atom. The van der Waals surface area contributed by atoms with Crippen molar-refractivity contribution in [1.29, 1.82) is 0 Å². The molecule has 1 aromatic carbocycles. The third-order valence-electron chi connectivity index (χ3n) is 2.36. The van der Waals surface area contributed by atoms with Gasteiger partial charge < -0.3 is 10.3 Å². The number of fused-ring (bicyclic) bond motifs is 1. The third-order valence-corrected chi connectivity index (χ3v) is 2.36. The predicted octanol–water partition coefficient (Wildman–Crippen LogP) is 2.15. The van der Waals surface area contributed by atoms with Crippen molar-refractivity contribution in [3.8, 4) is 0 Å². The predicted molar refractivity (Wildman–Crippen MR) is 61.0 cm³/mol. The molecule has 0 radical (unpaired) electrons. The molecule has 0 aliphatic carbocycles. The Morgan fingerprint density at radius 1 is 1.36 bits per heavy atom. The second-order valence-corrected chi connectivity index (χ2v) is 3.38. The van der Waals surface area contributed by atoms with E-state index in [1.165, 1.54) is 16.5 Å². The van der Waals surface area contributed by atoms with Crippen molar-refractivity contribution in [1.82, 2.24) is 4.57 Å². The molecule has 0 spiro atoms. The quantitative estimate of drug-likeness (QED) is 0.765. The highest BCUT2D eigenvalue weighted by Gasteiger charge is 1.96. The Bertz CT molecular complexity index is 466. The van der Waals surface area contributed by atoms with Gasteiger partial charge in [-0.15, -0.1) is 0 Å². The minimum Gasteiger partial charge on any atom is -0.351 e. The van der Waals surface area contributed by atoms with E-state index in [1.807, 2.05) is 12.2 Å². The van der Waals surface area contributed by atoms with Gasteiger partial charge in [0.25, 0.3) is 0 Å². The fourth-order valence-corrected chi connectivity index (χ4v) is 1.61. The zero-order chi connectivity index (χ0) is 9.97. The number of benzene rings is 1. The van der Waals surface area contributed by atoms with Gasteiger partial charge in [0.1, 0.15) is 0 Å². The van der Waals surface area contributed by atoms with Crippen molar-refractivity contribution in [2.24, 2.45) is 12.8 Å². The number of nitrogens with two attached hydrogens (primary N) is 1. The molecule has 0 unspecified atom stereocenters. The molecule has 2 N–H and O–H groups in total. The Hall–Kier alpha value is -1.54. The average molecular weight is 186 g/mol. The van der Waals surface area contributed by atoms with Crippen LogP contribution in [-0.2, 0) is 7.05 Å². The van der Waals surface area contributed by atoms with Gasteiger partial charge in [-0.25, -0.2) is 0 Å². The average Bonchev–Trinajstić information content (AvgIpc) is 2.57. The molecular formula is C12H14N2. The molecule has 0 amide bonds. The van der Waals surface area contributed by atoms with Crippen LogP contribution in [0.5, 0.6) is 0 Å². The lowest BCUT2D eigenvalue weighted by molar-refractivity contribution is 0.969. The summed E-state index contributed by atoms with van der Waals surface area (Å²) in [4.78, 5) is 0. The summed E-state index contributed by atoms with van der Waals surface area (Å²) in [7, 11) is 2.05. The SMILES string of the molecule is Cn1ccc2cc(C=CCN)ccc21. The lowest BCUT2D eigenvalue weighted by Crippen LogP contribution is -1.91. The van der Waals surface area contributed by atoms with Gasteiger partial charge in [-0.1, -0.05) is 18.2 Å². The standard InChI is InChI=1S/C12H14N2/c1-14-8-6-11-9-10(3-2-7-13)4-5-12(11)14/h2-6,8-9H,7,13H2,1H3. The highest BCUT2D eigenvalue weighted by Crippen LogP contribution is 2.17. The van der Waals surface area contributed by atoms with Crippen molar-refractivity contribution in [3.63, 3.8) is 0 Å². The lowest BCUT2D eigenvalue weighted by atomic mass is 10.1. The van der Waals surface area contributed by atoms with Gasteiger partial charge in [-0.2, -0.15) is 0 Å². The molecule has 0 atom stereocenters. The van der Waals surface area contributed by atoms with Gasteiger partial charge >= 0.3 is 0 Å². The van der Waals surface area contributed by atoms with Crippen molar-refractivity contribution < 1.29 is 0 Å². The first-order valence-corrected chi connectivity index (χ1v) is 4.73. The molecule has 1 heterocycles. The smallest absolute Gasteiger partial charge is 0.0478 e. The van der Waals surface area contributed by atoms with E-state index >= 15 is 0 Å². The van der Waals surface area contributed by atoms with Crippen molar-refractivity contribution in [2.45, 2.75) is 0 Å². The normalized spacial score (nSPS) is 11.6. The Labute approximate surface area is 83.6 Å². The largest absolute Gasteiger partial charge is 0.351 e. The van der Waals surface area contributed by atoms with Gasteiger partial charge in [0.05, 0.1) is 0 Å². The molecular weight excluding hydrogens is 172 g/mol. The van der Waals surface area contributed by atoms with Gasteiger partial charge in [0, 0.05) is 30.7 Å². The van der Waals surface area contributed by atoms with Crippen LogP contribution >= 0.6 is 0 Å². The van der Waals surface area contributed by atoms with E-state index in [4.69, 9.17) is 5.73 Å². The third kappa shape index (κ3) is 1.56.